The van der Waals surface area contributed by atoms with Gasteiger partial charge in [-0.15, -0.1) is 0 Å². The Hall–Kier alpha value is -0.670. The first kappa shape index (κ1) is 14.7. The lowest BCUT2D eigenvalue weighted by Crippen LogP contribution is -2.27. The van der Waals surface area contributed by atoms with Crippen molar-refractivity contribution in [2.24, 2.45) is 5.92 Å². The molecule has 0 aromatic heterocycles. The first-order valence-corrected chi connectivity index (χ1v) is 8.82. The van der Waals surface area contributed by atoms with Crippen molar-refractivity contribution in [2.75, 3.05) is 12.8 Å². The van der Waals surface area contributed by atoms with Crippen molar-refractivity contribution >= 4 is 10.8 Å². The van der Waals surface area contributed by atoms with Gasteiger partial charge in [-0.1, -0.05) is 36.8 Å². The van der Waals surface area contributed by atoms with E-state index in [0.717, 1.165) is 18.9 Å². The average molecular weight is 279 g/mol. The lowest BCUT2D eigenvalue weighted by Gasteiger charge is -2.20. The van der Waals surface area contributed by atoms with Crippen molar-refractivity contribution in [3.8, 4) is 0 Å². The Morgan fingerprint density at radius 1 is 1.32 bits per heavy atom. The van der Waals surface area contributed by atoms with Gasteiger partial charge in [-0.3, -0.25) is 4.21 Å². The Bertz CT molecular complexity index is 425. The first-order valence-electron chi connectivity index (χ1n) is 7.20. The van der Waals surface area contributed by atoms with Crippen molar-refractivity contribution in [3.63, 3.8) is 0 Å². The van der Waals surface area contributed by atoms with Crippen molar-refractivity contribution in [1.29, 1.82) is 0 Å². The number of hydrogen-bond donors (Lipinski definition) is 1. The van der Waals surface area contributed by atoms with Gasteiger partial charge in [-0.2, -0.15) is 0 Å². The molecule has 1 aliphatic rings. The van der Waals surface area contributed by atoms with Crippen LogP contribution in [-0.2, 0) is 10.8 Å². The van der Waals surface area contributed by atoms with Crippen LogP contribution >= 0.6 is 0 Å². The zero-order valence-electron chi connectivity index (χ0n) is 12.2. The molecule has 0 bridgehead atoms. The molecular weight excluding hydrogens is 254 g/mol. The molecule has 0 aliphatic heterocycles. The highest BCUT2D eigenvalue weighted by Crippen LogP contribution is 2.41. The van der Waals surface area contributed by atoms with Gasteiger partial charge in [-0.25, -0.2) is 0 Å². The van der Waals surface area contributed by atoms with Crippen molar-refractivity contribution < 1.29 is 4.21 Å². The molecule has 0 heterocycles. The van der Waals surface area contributed by atoms with Crippen LogP contribution in [0, 0.1) is 12.8 Å². The summed E-state index contributed by atoms with van der Waals surface area (Å²) in [5.74, 6) is 0.796. The molecule has 0 radical (unpaired) electrons. The first-order chi connectivity index (χ1) is 9.08. The second kappa shape index (κ2) is 6.67. The summed E-state index contributed by atoms with van der Waals surface area (Å²) < 4.78 is 11.4. The molecule has 2 rings (SSSR count). The summed E-state index contributed by atoms with van der Waals surface area (Å²) in [6.07, 6.45) is 5.45. The van der Waals surface area contributed by atoms with E-state index < -0.39 is 10.8 Å². The smallest absolute Gasteiger partial charge is 0.0348 e. The number of hydrogen-bond acceptors (Lipinski definition) is 2. The molecule has 0 amide bonds. The minimum absolute atomic E-state index is 0.283. The summed E-state index contributed by atoms with van der Waals surface area (Å²) in [6, 6.07) is 9.35. The van der Waals surface area contributed by atoms with Crippen LogP contribution in [0.25, 0.3) is 0 Å². The van der Waals surface area contributed by atoms with E-state index in [2.05, 4.69) is 43.4 Å². The van der Waals surface area contributed by atoms with Crippen LogP contribution < -0.4 is 5.32 Å². The Morgan fingerprint density at radius 2 is 1.95 bits per heavy atom. The predicted molar refractivity (Wildman–Crippen MR) is 82.8 cm³/mol. The zero-order valence-corrected chi connectivity index (χ0v) is 13.0. The maximum absolute atomic E-state index is 11.4. The molecule has 3 heteroatoms. The van der Waals surface area contributed by atoms with Gasteiger partial charge < -0.3 is 5.32 Å². The van der Waals surface area contributed by atoms with Gasteiger partial charge in [0.05, 0.1) is 0 Å². The zero-order chi connectivity index (χ0) is 13.8. The quantitative estimate of drug-likeness (QED) is 0.830. The molecular formula is C16H25NOS. The summed E-state index contributed by atoms with van der Waals surface area (Å²) >= 11 is 0. The van der Waals surface area contributed by atoms with Crippen LogP contribution in [0.5, 0.6) is 0 Å². The molecule has 3 unspecified atom stereocenters. The van der Waals surface area contributed by atoms with E-state index in [1.165, 1.54) is 24.0 Å². The molecule has 3 atom stereocenters. The molecule has 1 aliphatic carbocycles. The third-order valence-electron chi connectivity index (χ3n) is 4.01. The van der Waals surface area contributed by atoms with Gasteiger partial charge in [0, 0.05) is 28.3 Å². The third-order valence-corrected chi connectivity index (χ3v) is 5.38. The fourth-order valence-corrected chi connectivity index (χ4v) is 2.82. The van der Waals surface area contributed by atoms with E-state index in [4.69, 9.17) is 0 Å². The topological polar surface area (TPSA) is 29.1 Å². The molecule has 1 aromatic carbocycles. The van der Waals surface area contributed by atoms with Gasteiger partial charge in [0.2, 0.25) is 0 Å². The fourth-order valence-electron chi connectivity index (χ4n) is 2.37. The maximum Gasteiger partial charge on any atom is 0.0348 e. The van der Waals surface area contributed by atoms with E-state index >= 15 is 0 Å². The number of nitrogens with one attached hydrogen (secondary N) is 1. The van der Waals surface area contributed by atoms with E-state index in [-0.39, 0.29) is 5.25 Å². The summed E-state index contributed by atoms with van der Waals surface area (Å²) in [4.78, 5) is 0. The molecule has 1 aromatic rings. The minimum atomic E-state index is -0.708. The summed E-state index contributed by atoms with van der Waals surface area (Å²) in [5, 5.41) is 3.95. The molecule has 0 saturated heterocycles. The summed E-state index contributed by atoms with van der Waals surface area (Å²) in [5.41, 5.74) is 2.71. The van der Waals surface area contributed by atoms with Gasteiger partial charge in [0.1, 0.15) is 0 Å². The Labute approximate surface area is 119 Å². The monoisotopic (exact) mass is 279 g/mol. The van der Waals surface area contributed by atoms with Gasteiger partial charge >= 0.3 is 0 Å². The summed E-state index contributed by atoms with van der Waals surface area (Å²) in [7, 11) is -0.708. The minimum Gasteiger partial charge on any atom is -0.310 e. The Kier molecular flexibility index (Phi) is 5.17. The van der Waals surface area contributed by atoms with Crippen LogP contribution in [0.15, 0.2) is 24.3 Å². The maximum atomic E-state index is 11.4. The summed E-state index contributed by atoms with van der Waals surface area (Å²) in [6.45, 7) is 5.15. The predicted octanol–water partition coefficient (Wildman–Crippen LogP) is 3.19. The van der Waals surface area contributed by atoms with Crippen LogP contribution in [0.4, 0.5) is 0 Å². The number of rotatable bonds is 7. The lowest BCUT2D eigenvalue weighted by molar-refractivity contribution is 0.474. The number of aryl methyl sites for hydroxylation is 1. The molecule has 1 saturated carbocycles. The van der Waals surface area contributed by atoms with E-state index in [9.17, 15) is 4.21 Å². The Balaban J connectivity index is 1.90. The van der Waals surface area contributed by atoms with E-state index in [1.54, 1.807) is 6.26 Å². The molecule has 106 valence electrons. The highest BCUT2D eigenvalue weighted by atomic mass is 32.2. The largest absolute Gasteiger partial charge is 0.310 e. The highest BCUT2D eigenvalue weighted by molar-refractivity contribution is 7.84. The standard InChI is InChI=1S/C16H25NOS/c1-12-4-6-14(7-5-12)16(15-8-9-15)17-11-10-13(2)19(3)18/h4-7,13,15-17H,8-11H2,1-3H3. The SMILES string of the molecule is Cc1ccc(C(NCCC(C)S(C)=O)C2CC2)cc1. The molecule has 19 heavy (non-hydrogen) atoms. The lowest BCUT2D eigenvalue weighted by atomic mass is 10.0. The number of benzene rings is 1. The Morgan fingerprint density at radius 3 is 2.47 bits per heavy atom. The molecule has 1 fully saturated rings. The second-order valence-corrected chi connectivity index (χ2v) is 7.58. The van der Waals surface area contributed by atoms with E-state index in [1.807, 2.05) is 0 Å². The van der Waals surface area contributed by atoms with Gasteiger partial charge in [-0.05, 0) is 44.2 Å². The second-order valence-electron chi connectivity index (χ2n) is 5.78. The van der Waals surface area contributed by atoms with Crippen molar-refractivity contribution in [1.82, 2.24) is 5.32 Å². The van der Waals surface area contributed by atoms with Gasteiger partial charge in [0.25, 0.3) is 0 Å². The van der Waals surface area contributed by atoms with E-state index in [0.29, 0.717) is 6.04 Å². The van der Waals surface area contributed by atoms with Crippen molar-refractivity contribution in [3.05, 3.63) is 35.4 Å². The molecule has 0 spiro atoms. The normalized spacial score (nSPS) is 19.9. The molecule has 1 N–H and O–H groups in total. The van der Waals surface area contributed by atoms with Crippen LogP contribution in [0.1, 0.15) is 43.4 Å². The van der Waals surface area contributed by atoms with Crippen LogP contribution in [-0.4, -0.2) is 22.3 Å². The fraction of sp³-hybridized carbons (Fsp3) is 0.625. The third kappa shape index (κ3) is 4.43. The van der Waals surface area contributed by atoms with Crippen molar-refractivity contribution in [2.45, 2.75) is 44.4 Å². The van der Waals surface area contributed by atoms with Gasteiger partial charge in [0.15, 0.2) is 0 Å². The van der Waals surface area contributed by atoms with Crippen LogP contribution in [0.2, 0.25) is 0 Å². The molecule has 2 nitrogen and oxygen atoms in total. The average Bonchev–Trinajstić information content (AvgIpc) is 3.20. The highest BCUT2D eigenvalue weighted by Gasteiger charge is 2.31. The van der Waals surface area contributed by atoms with Crippen LogP contribution in [0.3, 0.4) is 0 Å².